The molecule has 21 heavy (non-hydrogen) atoms. The topological polar surface area (TPSA) is 64.4 Å². The van der Waals surface area contributed by atoms with Crippen LogP contribution in [0.15, 0.2) is 42.5 Å². The fourth-order valence-electron chi connectivity index (χ4n) is 2.09. The molecule has 110 valence electrons. The van der Waals surface area contributed by atoms with Crippen LogP contribution in [-0.4, -0.2) is 12.0 Å². The summed E-state index contributed by atoms with van der Waals surface area (Å²) >= 11 is 0. The van der Waals surface area contributed by atoms with E-state index in [4.69, 9.17) is 4.74 Å². The summed E-state index contributed by atoms with van der Waals surface area (Å²) in [5.41, 5.74) is 1.65. The van der Waals surface area contributed by atoms with E-state index in [9.17, 15) is 10.1 Å². The van der Waals surface area contributed by atoms with E-state index < -0.39 is 4.92 Å². The molecule has 0 bridgehead atoms. The maximum Gasteiger partial charge on any atom is 0.314 e. The lowest BCUT2D eigenvalue weighted by Crippen LogP contribution is -2.12. The number of nitro benzene ring substituents is 1. The number of nitrogens with zero attached hydrogens (tertiary/aromatic N) is 1. The first-order chi connectivity index (χ1) is 10.0. The van der Waals surface area contributed by atoms with Gasteiger partial charge in [-0.05, 0) is 44.7 Å². The largest absolute Gasteiger partial charge is 0.450 e. The Bertz CT molecular complexity index is 656. The maximum atomic E-state index is 11.2. The molecule has 5 heteroatoms. The van der Waals surface area contributed by atoms with Crippen molar-refractivity contribution in [2.24, 2.45) is 0 Å². The van der Waals surface area contributed by atoms with E-state index in [-0.39, 0.29) is 17.5 Å². The van der Waals surface area contributed by atoms with Crippen molar-refractivity contribution in [1.29, 1.82) is 0 Å². The first-order valence-corrected chi connectivity index (χ1v) is 6.72. The lowest BCUT2D eigenvalue weighted by atomic mass is 10.1. The van der Waals surface area contributed by atoms with E-state index in [2.05, 4.69) is 5.32 Å². The number of rotatable bonds is 5. The molecule has 0 aliphatic rings. The van der Waals surface area contributed by atoms with Crippen LogP contribution in [0.4, 0.5) is 5.69 Å². The zero-order valence-corrected chi connectivity index (χ0v) is 12.3. The normalized spacial score (nSPS) is 12.0. The van der Waals surface area contributed by atoms with E-state index in [0.29, 0.717) is 11.3 Å². The maximum absolute atomic E-state index is 11.2. The number of ether oxygens (including phenoxy) is 1. The smallest absolute Gasteiger partial charge is 0.314 e. The number of aryl methyl sites for hydroxylation is 1. The van der Waals surface area contributed by atoms with Gasteiger partial charge in [0.1, 0.15) is 5.75 Å². The molecule has 2 aromatic carbocycles. The lowest BCUT2D eigenvalue weighted by molar-refractivity contribution is -0.386. The Morgan fingerprint density at radius 1 is 1.24 bits per heavy atom. The molecule has 5 nitrogen and oxygen atoms in total. The predicted molar refractivity (Wildman–Crippen MR) is 81.8 cm³/mol. The van der Waals surface area contributed by atoms with Crippen LogP contribution in [0.1, 0.15) is 24.1 Å². The zero-order valence-electron chi connectivity index (χ0n) is 12.3. The highest BCUT2D eigenvalue weighted by atomic mass is 16.6. The second kappa shape index (κ2) is 6.37. The number of nitro groups is 1. The van der Waals surface area contributed by atoms with Gasteiger partial charge in [0, 0.05) is 11.6 Å². The van der Waals surface area contributed by atoms with Crippen LogP contribution in [0.3, 0.4) is 0 Å². The highest BCUT2D eigenvalue weighted by Crippen LogP contribution is 2.34. The Hall–Kier alpha value is -2.40. The molecule has 0 amide bonds. The lowest BCUT2D eigenvalue weighted by Gasteiger charge is -2.13. The van der Waals surface area contributed by atoms with Crippen LogP contribution < -0.4 is 10.1 Å². The minimum absolute atomic E-state index is 0.00423. The number of hydrogen-bond donors (Lipinski definition) is 1. The van der Waals surface area contributed by atoms with E-state index in [0.717, 1.165) is 5.56 Å². The minimum atomic E-state index is -0.412. The van der Waals surface area contributed by atoms with Crippen molar-refractivity contribution in [3.8, 4) is 11.5 Å². The summed E-state index contributed by atoms with van der Waals surface area (Å²) in [6.45, 7) is 3.73. The number of hydrogen-bond acceptors (Lipinski definition) is 4. The van der Waals surface area contributed by atoms with Crippen LogP contribution in [0.25, 0.3) is 0 Å². The summed E-state index contributed by atoms with van der Waals surface area (Å²) in [4.78, 5) is 10.8. The van der Waals surface area contributed by atoms with E-state index in [1.54, 1.807) is 31.2 Å². The second-order valence-corrected chi connectivity index (χ2v) is 4.86. The molecule has 0 fully saturated rings. The van der Waals surface area contributed by atoms with Crippen LogP contribution in [0.5, 0.6) is 11.5 Å². The first kappa shape index (κ1) is 15.0. The molecule has 1 unspecified atom stereocenters. The van der Waals surface area contributed by atoms with Gasteiger partial charge in [-0.15, -0.1) is 0 Å². The molecule has 2 rings (SSSR count). The number of benzene rings is 2. The second-order valence-electron chi connectivity index (χ2n) is 4.86. The Labute approximate surface area is 123 Å². The molecule has 0 radical (unpaired) electrons. The van der Waals surface area contributed by atoms with Crippen LogP contribution in [0, 0.1) is 17.0 Å². The third-order valence-electron chi connectivity index (χ3n) is 3.40. The number of para-hydroxylation sites is 1. The van der Waals surface area contributed by atoms with Gasteiger partial charge in [0.2, 0.25) is 5.75 Å². The van der Waals surface area contributed by atoms with E-state index in [1.807, 2.05) is 32.2 Å². The minimum Gasteiger partial charge on any atom is -0.450 e. The van der Waals surface area contributed by atoms with Gasteiger partial charge in [0.25, 0.3) is 0 Å². The van der Waals surface area contributed by atoms with Gasteiger partial charge in [-0.2, -0.15) is 0 Å². The van der Waals surface area contributed by atoms with Crippen molar-refractivity contribution < 1.29 is 9.66 Å². The third kappa shape index (κ3) is 3.38. The molecule has 0 aliphatic heterocycles. The van der Waals surface area contributed by atoms with E-state index in [1.165, 1.54) is 0 Å². The fourth-order valence-corrected chi connectivity index (χ4v) is 2.09. The monoisotopic (exact) mass is 286 g/mol. The Kier molecular flexibility index (Phi) is 4.55. The van der Waals surface area contributed by atoms with Gasteiger partial charge >= 0.3 is 5.69 Å². The average molecular weight is 286 g/mol. The Morgan fingerprint density at radius 2 is 1.95 bits per heavy atom. The van der Waals surface area contributed by atoms with Gasteiger partial charge in [-0.25, -0.2) is 0 Å². The highest BCUT2D eigenvalue weighted by molar-refractivity contribution is 5.53. The average Bonchev–Trinajstić information content (AvgIpc) is 2.46. The quantitative estimate of drug-likeness (QED) is 0.667. The predicted octanol–water partition coefficient (Wildman–Crippen LogP) is 3.98. The molecule has 0 saturated heterocycles. The Morgan fingerprint density at radius 3 is 2.62 bits per heavy atom. The summed E-state index contributed by atoms with van der Waals surface area (Å²) in [6.07, 6.45) is 0. The summed E-state index contributed by atoms with van der Waals surface area (Å²) in [7, 11) is 1.88. The zero-order chi connectivity index (χ0) is 15.4. The standard InChI is InChI=1S/C16H18N2O3/c1-11-6-4-9-15(16(11)18(19)20)21-14-8-5-7-13(10-14)12(2)17-3/h4-10,12,17H,1-3H3. The van der Waals surface area contributed by atoms with E-state index >= 15 is 0 Å². The molecule has 1 atom stereocenters. The van der Waals surface area contributed by atoms with Crippen molar-refractivity contribution in [2.75, 3.05) is 7.05 Å². The molecule has 1 N–H and O–H groups in total. The first-order valence-electron chi connectivity index (χ1n) is 6.72. The van der Waals surface area contributed by atoms with Gasteiger partial charge in [0.05, 0.1) is 4.92 Å². The van der Waals surface area contributed by atoms with Crippen molar-refractivity contribution in [1.82, 2.24) is 5.32 Å². The van der Waals surface area contributed by atoms with Crippen molar-refractivity contribution in [3.05, 3.63) is 63.7 Å². The van der Waals surface area contributed by atoms with Crippen molar-refractivity contribution in [2.45, 2.75) is 19.9 Å². The van der Waals surface area contributed by atoms with Gasteiger partial charge in [-0.1, -0.05) is 24.3 Å². The molecule has 0 heterocycles. The highest BCUT2D eigenvalue weighted by Gasteiger charge is 2.18. The van der Waals surface area contributed by atoms with Gasteiger partial charge < -0.3 is 10.1 Å². The molecular weight excluding hydrogens is 268 g/mol. The summed E-state index contributed by atoms with van der Waals surface area (Å²) < 4.78 is 5.72. The SMILES string of the molecule is CNC(C)c1cccc(Oc2cccc(C)c2[N+](=O)[O-])c1. The third-order valence-corrected chi connectivity index (χ3v) is 3.40. The molecule has 2 aromatic rings. The van der Waals surface area contributed by atoms with Gasteiger partial charge in [-0.3, -0.25) is 10.1 Å². The fraction of sp³-hybridized carbons (Fsp3) is 0.250. The molecule has 0 aliphatic carbocycles. The van der Waals surface area contributed by atoms with Crippen LogP contribution in [-0.2, 0) is 0 Å². The molecule has 0 saturated carbocycles. The molecular formula is C16H18N2O3. The summed E-state index contributed by atoms with van der Waals surface area (Å²) in [5, 5.41) is 14.3. The van der Waals surface area contributed by atoms with Crippen LogP contribution in [0.2, 0.25) is 0 Å². The van der Waals surface area contributed by atoms with Crippen molar-refractivity contribution in [3.63, 3.8) is 0 Å². The van der Waals surface area contributed by atoms with Gasteiger partial charge in [0.15, 0.2) is 0 Å². The number of nitrogens with one attached hydrogen (secondary N) is 1. The summed E-state index contributed by atoms with van der Waals surface area (Å²) in [6, 6.07) is 12.8. The van der Waals surface area contributed by atoms with Crippen LogP contribution >= 0.6 is 0 Å². The molecule has 0 spiro atoms. The molecule has 0 aromatic heterocycles. The Balaban J connectivity index is 2.35. The summed E-state index contributed by atoms with van der Waals surface area (Å²) in [5.74, 6) is 0.845. The van der Waals surface area contributed by atoms with Crippen molar-refractivity contribution >= 4 is 5.69 Å².